The maximum absolute atomic E-state index is 15.5. The number of hydrogen-bond donors (Lipinski definition) is 10. The fourth-order valence-electron chi connectivity index (χ4n) is 18.7. The first-order valence-corrected chi connectivity index (χ1v) is 39.4. The molecule has 8 aromatic rings. The third-order valence-corrected chi connectivity index (χ3v) is 25.2. The van der Waals surface area contributed by atoms with Crippen LogP contribution < -0.4 is 42.5 Å². The predicted molar refractivity (Wildman–Crippen MR) is 429 cm³/mol. The molecule has 10 N–H and O–H groups in total. The normalized spacial score (nSPS) is 27.4. The van der Waals surface area contributed by atoms with Gasteiger partial charge in [0.15, 0.2) is 0 Å². The number of amides is 8. The Morgan fingerprint density at radius 2 is 0.355 bits per heavy atom. The van der Waals surface area contributed by atoms with Gasteiger partial charge in [0.05, 0.1) is 22.3 Å². The third kappa shape index (κ3) is 15.4. The molecular formula is C92H102N8O10. The Bertz CT molecular complexity index is 4460. The summed E-state index contributed by atoms with van der Waals surface area (Å²) in [4.78, 5) is 121. The molecule has 18 nitrogen and oxygen atoms in total. The maximum atomic E-state index is 15.5. The van der Waals surface area contributed by atoms with Gasteiger partial charge in [0, 0.05) is 81.7 Å². The van der Waals surface area contributed by atoms with Crippen molar-refractivity contribution < 1.29 is 48.6 Å². The van der Waals surface area contributed by atoms with Crippen molar-refractivity contribution in [3.05, 3.63) is 212 Å². The second-order valence-electron chi connectivity index (χ2n) is 33.5. The lowest BCUT2D eigenvalue weighted by atomic mass is 9.76. The average molecular weight is 1480 g/mol. The number of nitrogens with one attached hydrogen (secondary N) is 8. The minimum absolute atomic E-state index is 0.0555. The Labute approximate surface area is 644 Å². The average Bonchev–Trinajstić information content (AvgIpc) is 0.776. The summed E-state index contributed by atoms with van der Waals surface area (Å²) in [6.07, 6.45) is 3.78. The highest BCUT2D eigenvalue weighted by molar-refractivity contribution is 6.12. The fraction of sp³-hybridized carbons (Fsp3) is 0.391. The van der Waals surface area contributed by atoms with E-state index in [1.54, 1.807) is 62.4 Å². The Kier molecular flexibility index (Phi) is 21.3. The van der Waals surface area contributed by atoms with Crippen LogP contribution in [0.5, 0.6) is 11.5 Å². The van der Waals surface area contributed by atoms with E-state index in [4.69, 9.17) is 0 Å². The van der Waals surface area contributed by atoms with Crippen molar-refractivity contribution in [2.75, 3.05) is 0 Å². The highest BCUT2D eigenvalue weighted by atomic mass is 16.3. The number of benzene rings is 8. The van der Waals surface area contributed by atoms with Crippen LogP contribution >= 0.6 is 0 Å². The predicted octanol–water partition coefficient (Wildman–Crippen LogP) is 15.1. The number of aryl methyl sites for hydroxylation is 4. The van der Waals surface area contributed by atoms with E-state index >= 15 is 19.2 Å². The van der Waals surface area contributed by atoms with Crippen LogP contribution in [0.2, 0.25) is 0 Å². The quantitative estimate of drug-likeness (QED) is 0.0686. The molecule has 10 aliphatic heterocycles. The zero-order valence-corrected chi connectivity index (χ0v) is 64.9. The van der Waals surface area contributed by atoms with Crippen LogP contribution in [-0.2, 0) is 0 Å². The van der Waals surface area contributed by atoms with Gasteiger partial charge in [-0.3, -0.25) is 38.4 Å². The molecule has 4 saturated carbocycles. The van der Waals surface area contributed by atoms with Crippen LogP contribution in [0.15, 0.2) is 146 Å². The molecule has 22 bridgehead atoms. The van der Waals surface area contributed by atoms with Gasteiger partial charge >= 0.3 is 0 Å². The number of hydrogen-bond acceptors (Lipinski definition) is 10. The van der Waals surface area contributed by atoms with Gasteiger partial charge in [-0.05, 0) is 242 Å². The van der Waals surface area contributed by atoms with Crippen molar-refractivity contribution in [2.24, 2.45) is 47.3 Å². The summed E-state index contributed by atoms with van der Waals surface area (Å²) in [6.45, 7) is 23.7. The monoisotopic (exact) mass is 1480 g/mol. The van der Waals surface area contributed by atoms with E-state index in [2.05, 4.69) is 119 Å². The molecule has 0 spiro atoms. The van der Waals surface area contributed by atoms with Crippen molar-refractivity contribution >= 4 is 47.3 Å². The topological polar surface area (TPSA) is 273 Å². The molecule has 4 aliphatic carbocycles. The first-order valence-electron chi connectivity index (χ1n) is 39.4. The van der Waals surface area contributed by atoms with Crippen molar-refractivity contribution in [3.8, 4) is 67.1 Å². The van der Waals surface area contributed by atoms with Gasteiger partial charge in [0.1, 0.15) is 11.5 Å². The molecule has 4 fully saturated rings. The molecule has 10 heterocycles. The molecule has 570 valence electrons. The molecule has 0 aromatic heterocycles. The number of phenolic OH excluding ortho intramolecular Hbond substituents is 2. The molecule has 18 heteroatoms. The number of phenols is 2. The lowest BCUT2D eigenvalue weighted by Crippen LogP contribution is -2.53. The highest BCUT2D eigenvalue weighted by Gasteiger charge is 2.42. The highest BCUT2D eigenvalue weighted by Crippen LogP contribution is 2.41. The molecule has 110 heavy (non-hydrogen) atoms. The van der Waals surface area contributed by atoms with Gasteiger partial charge < -0.3 is 52.7 Å². The van der Waals surface area contributed by atoms with E-state index in [0.29, 0.717) is 95.9 Å². The van der Waals surface area contributed by atoms with Gasteiger partial charge in [0.25, 0.3) is 47.3 Å². The summed E-state index contributed by atoms with van der Waals surface area (Å²) in [5.41, 5.74) is 11.1. The van der Waals surface area contributed by atoms with Gasteiger partial charge in [-0.2, -0.15) is 0 Å². The van der Waals surface area contributed by atoms with Crippen LogP contribution in [0, 0.1) is 75.0 Å². The minimum atomic E-state index is -0.582. The van der Waals surface area contributed by atoms with Gasteiger partial charge in [-0.25, -0.2) is 0 Å². The largest absolute Gasteiger partial charge is 0.506 e. The van der Waals surface area contributed by atoms with Gasteiger partial charge in [-0.15, -0.1) is 0 Å². The Morgan fingerprint density at radius 3 is 0.518 bits per heavy atom. The number of carbonyl (C=O) groups excluding carboxylic acids is 8. The van der Waals surface area contributed by atoms with Crippen molar-refractivity contribution in [1.29, 1.82) is 0 Å². The molecule has 22 rings (SSSR count). The zero-order chi connectivity index (χ0) is 78.0. The first-order chi connectivity index (χ1) is 52.5. The van der Waals surface area contributed by atoms with Crippen molar-refractivity contribution in [1.82, 2.24) is 42.5 Å². The van der Waals surface area contributed by atoms with E-state index in [1.807, 2.05) is 90.1 Å². The molecule has 8 aromatic carbocycles. The standard InChI is InChI=1S/C92H102N8O10/c1-45-29-65-81-63-25-21-61(22-26-63)59-17-13-57(14-18-59)58-15-19-60(20-16-58)62-23-27-64(28-24-62)82-67(87(105)95-75-43-79(55(11)39-51(75)7)99-91(109)71-35-47(3)33-69(83(71)101)89(107)97-77-41-73(93-85(65)103)49(5)37-53(77)9)31-46(2)32-68(82)88(106)96-76-44-80(56(12)40-52(76)8)100-92(110)72-36-48(4)34-70(84(72)102)90(108)98-78-42-74(50(6)38-54(78)10)94-86(104)66(81)30-45/h13-36,49-56,73-80,101-102H,37-44H2,1-12H3,(H,93,103)(H,94,104)(H,95,105)(H,96,106)(H,97,107)(H,98,108)(H,99,109)(H,100,110). The molecular weight excluding hydrogens is 1380 g/mol. The summed E-state index contributed by atoms with van der Waals surface area (Å²) in [6, 6.07) is 42.0. The van der Waals surface area contributed by atoms with E-state index in [0.717, 1.165) is 33.4 Å². The van der Waals surface area contributed by atoms with Crippen LogP contribution in [0.1, 0.15) is 212 Å². The molecule has 16 unspecified atom stereocenters. The summed E-state index contributed by atoms with van der Waals surface area (Å²) >= 11 is 0. The SMILES string of the molecule is Cc1cc2c(O)c(c1)C(=O)NC1CC(NC(=O)c3cc(C)cc4c3-c3ccc(cc3)-c3ccc(cc3)-c3ccc(cc3)-c3ccc(cc3)-c3c(cc(C)cc3C(=O)NC3CC(NC(=O)c5cc(C)cc(c5O)C(=O)NC5CC(NC4=O)C(C)CC5C)C(C)CC3C)C(=O)NC3CC(NC2=O)C(C)CC3C)C(C)CC1C. The van der Waals surface area contributed by atoms with Gasteiger partial charge in [-0.1, -0.05) is 152 Å². The van der Waals surface area contributed by atoms with Crippen molar-refractivity contribution in [3.63, 3.8) is 0 Å². The van der Waals surface area contributed by atoms with Crippen LogP contribution in [0.4, 0.5) is 0 Å². The van der Waals surface area contributed by atoms with E-state index < -0.39 is 107 Å². The van der Waals surface area contributed by atoms with E-state index in [1.165, 1.54) is 0 Å². The minimum Gasteiger partial charge on any atom is -0.506 e. The Balaban J connectivity index is 0.905. The third-order valence-electron chi connectivity index (χ3n) is 25.2. The lowest BCUT2D eigenvalue weighted by Gasteiger charge is -2.40. The fourth-order valence-corrected chi connectivity index (χ4v) is 18.7. The number of rotatable bonds is 0. The second-order valence-corrected chi connectivity index (χ2v) is 33.5. The maximum Gasteiger partial charge on any atom is 0.255 e. The van der Waals surface area contributed by atoms with Crippen molar-refractivity contribution in [2.45, 2.75) is 183 Å². The second kappa shape index (κ2) is 30.9. The van der Waals surface area contributed by atoms with Crippen LogP contribution in [0.3, 0.4) is 0 Å². The summed E-state index contributed by atoms with van der Waals surface area (Å²) in [5.74, 6) is -5.42. The Morgan fingerprint density at radius 1 is 0.218 bits per heavy atom. The molecule has 8 amide bonds. The summed E-state index contributed by atoms with van der Waals surface area (Å²) in [7, 11) is 0. The van der Waals surface area contributed by atoms with Crippen LogP contribution in [0.25, 0.3) is 55.6 Å². The lowest BCUT2D eigenvalue weighted by molar-refractivity contribution is 0.0817. The molecule has 14 aliphatic rings. The van der Waals surface area contributed by atoms with E-state index in [9.17, 15) is 29.4 Å². The Hall–Kier alpha value is -10.9. The summed E-state index contributed by atoms with van der Waals surface area (Å²) < 4.78 is 0. The van der Waals surface area contributed by atoms with Gasteiger partial charge in [0.2, 0.25) is 0 Å². The van der Waals surface area contributed by atoms with E-state index in [-0.39, 0.29) is 91.9 Å². The number of aromatic hydroxyl groups is 2. The zero-order valence-electron chi connectivity index (χ0n) is 64.9. The smallest absolute Gasteiger partial charge is 0.255 e. The molecule has 0 radical (unpaired) electrons. The molecule has 0 saturated heterocycles. The molecule has 16 atom stereocenters. The number of carbonyl (C=O) groups is 8. The summed E-state index contributed by atoms with van der Waals surface area (Å²) in [5, 5.41) is 50.5. The van der Waals surface area contributed by atoms with Crippen LogP contribution in [-0.4, -0.2) is 106 Å². The first kappa shape index (κ1) is 75.9.